The molecular weight excluding hydrogens is 236 g/mol. The summed E-state index contributed by atoms with van der Waals surface area (Å²) in [6.07, 6.45) is 7.29. The van der Waals surface area contributed by atoms with Crippen molar-refractivity contribution in [3.8, 4) is 0 Å². The Labute approximate surface area is 119 Å². The van der Waals surface area contributed by atoms with Crippen molar-refractivity contribution in [2.45, 2.75) is 65.3 Å². The van der Waals surface area contributed by atoms with E-state index >= 15 is 0 Å². The predicted octanol–water partition coefficient (Wildman–Crippen LogP) is 2.64. The van der Waals surface area contributed by atoms with E-state index in [1.165, 1.54) is 45.2 Å². The molecule has 2 atom stereocenters. The zero-order valence-electron chi connectivity index (χ0n) is 13.2. The molecule has 114 valence electrons. The van der Waals surface area contributed by atoms with Crippen LogP contribution < -0.4 is 5.32 Å². The molecule has 0 bridgehead atoms. The van der Waals surface area contributed by atoms with Gasteiger partial charge in [0.15, 0.2) is 0 Å². The Bertz CT molecular complexity index is 233. The van der Waals surface area contributed by atoms with Gasteiger partial charge in [-0.25, -0.2) is 0 Å². The smallest absolute Gasteiger partial charge is 0.0445 e. The summed E-state index contributed by atoms with van der Waals surface area (Å²) in [4.78, 5) is 2.64. The Morgan fingerprint density at radius 3 is 2.74 bits per heavy atom. The van der Waals surface area contributed by atoms with Crippen LogP contribution in [0, 0.1) is 5.41 Å². The Morgan fingerprint density at radius 2 is 2.11 bits per heavy atom. The van der Waals surface area contributed by atoms with Gasteiger partial charge in [-0.05, 0) is 50.6 Å². The molecule has 2 N–H and O–H groups in total. The first-order chi connectivity index (χ1) is 9.15. The van der Waals surface area contributed by atoms with E-state index in [0.717, 1.165) is 19.5 Å². The van der Waals surface area contributed by atoms with Gasteiger partial charge in [0.1, 0.15) is 0 Å². The van der Waals surface area contributed by atoms with Crippen molar-refractivity contribution in [3.05, 3.63) is 0 Å². The van der Waals surface area contributed by atoms with E-state index < -0.39 is 0 Å². The molecule has 1 aliphatic heterocycles. The van der Waals surface area contributed by atoms with Crippen LogP contribution in [0.5, 0.6) is 0 Å². The van der Waals surface area contributed by atoms with Gasteiger partial charge in [-0.1, -0.05) is 27.2 Å². The first kappa shape index (κ1) is 16.9. The van der Waals surface area contributed by atoms with Crippen LogP contribution in [0.3, 0.4) is 0 Å². The second-order valence-corrected chi connectivity index (χ2v) is 6.47. The van der Waals surface area contributed by atoms with Crippen LogP contribution in [-0.2, 0) is 0 Å². The number of aliphatic hydroxyl groups is 1. The van der Waals surface area contributed by atoms with E-state index in [0.29, 0.717) is 18.1 Å². The molecule has 0 amide bonds. The molecule has 0 aliphatic carbocycles. The highest BCUT2D eigenvalue weighted by atomic mass is 16.3. The average molecular weight is 270 g/mol. The van der Waals surface area contributed by atoms with Crippen LogP contribution in [-0.4, -0.2) is 48.8 Å². The molecule has 3 heteroatoms. The molecule has 1 fully saturated rings. The monoisotopic (exact) mass is 270 g/mol. The maximum absolute atomic E-state index is 9.23. The average Bonchev–Trinajstić information content (AvgIpc) is 2.42. The number of piperidine rings is 1. The van der Waals surface area contributed by atoms with E-state index in [-0.39, 0.29) is 0 Å². The van der Waals surface area contributed by atoms with Crippen molar-refractivity contribution in [1.82, 2.24) is 10.2 Å². The number of aliphatic hydroxyl groups excluding tert-OH is 1. The molecule has 0 aromatic rings. The third-order valence-corrected chi connectivity index (χ3v) is 4.63. The number of nitrogens with one attached hydrogen (secondary N) is 1. The lowest BCUT2D eigenvalue weighted by Gasteiger charge is -2.42. The van der Waals surface area contributed by atoms with Crippen molar-refractivity contribution in [2.75, 3.05) is 32.8 Å². The number of rotatable bonds is 9. The molecule has 1 aliphatic rings. The normalized spacial score (nSPS) is 24.3. The highest BCUT2D eigenvalue weighted by Crippen LogP contribution is 2.27. The number of hydrogen-bond donors (Lipinski definition) is 2. The SMILES string of the molecule is CCCNCC(C)(CC)CN1CCCCC1CCO. The maximum atomic E-state index is 9.23. The number of nitrogens with zero attached hydrogens (tertiary/aromatic N) is 1. The highest BCUT2D eigenvalue weighted by Gasteiger charge is 2.30. The molecule has 1 saturated heterocycles. The first-order valence-electron chi connectivity index (χ1n) is 8.21. The molecule has 1 rings (SSSR count). The van der Waals surface area contributed by atoms with Crippen molar-refractivity contribution >= 4 is 0 Å². The van der Waals surface area contributed by atoms with Gasteiger partial charge in [0.05, 0.1) is 0 Å². The minimum atomic E-state index is 0.331. The molecule has 0 aromatic heterocycles. The van der Waals surface area contributed by atoms with Crippen LogP contribution in [0.25, 0.3) is 0 Å². The van der Waals surface area contributed by atoms with Crippen molar-refractivity contribution in [2.24, 2.45) is 5.41 Å². The summed E-state index contributed by atoms with van der Waals surface area (Å²) in [5.41, 5.74) is 0.361. The Hall–Kier alpha value is -0.120. The topological polar surface area (TPSA) is 35.5 Å². The van der Waals surface area contributed by atoms with Gasteiger partial charge in [-0.15, -0.1) is 0 Å². The lowest BCUT2D eigenvalue weighted by atomic mass is 9.85. The fraction of sp³-hybridized carbons (Fsp3) is 1.00. The van der Waals surface area contributed by atoms with Gasteiger partial charge in [0.2, 0.25) is 0 Å². The number of hydrogen-bond acceptors (Lipinski definition) is 3. The third kappa shape index (κ3) is 5.80. The summed E-state index contributed by atoms with van der Waals surface area (Å²) in [5, 5.41) is 12.8. The van der Waals surface area contributed by atoms with E-state index in [1.54, 1.807) is 0 Å². The Kier molecular flexibility index (Phi) is 7.96. The van der Waals surface area contributed by atoms with Crippen LogP contribution >= 0.6 is 0 Å². The Balaban J connectivity index is 2.50. The minimum Gasteiger partial charge on any atom is -0.396 e. The fourth-order valence-electron chi connectivity index (χ4n) is 3.09. The fourth-order valence-corrected chi connectivity index (χ4v) is 3.09. The second kappa shape index (κ2) is 8.93. The van der Waals surface area contributed by atoms with Crippen LogP contribution in [0.2, 0.25) is 0 Å². The minimum absolute atomic E-state index is 0.331. The van der Waals surface area contributed by atoms with Crippen molar-refractivity contribution in [3.63, 3.8) is 0 Å². The van der Waals surface area contributed by atoms with Gasteiger partial charge in [-0.3, -0.25) is 4.90 Å². The summed E-state index contributed by atoms with van der Waals surface area (Å²) in [6, 6.07) is 0.607. The number of likely N-dealkylation sites (tertiary alicyclic amines) is 1. The van der Waals surface area contributed by atoms with E-state index in [2.05, 4.69) is 31.0 Å². The van der Waals surface area contributed by atoms with Crippen molar-refractivity contribution < 1.29 is 5.11 Å². The summed E-state index contributed by atoms with van der Waals surface area (Å²) in [6.45, 7) is 11.9. The molecule has 0 saturated carbocycles. The zero-order valence-corrected chi connectivity index (χ0v) is 13.2. The lowest BCUT2D eigenvalue weighted by molar-refractivity contribution is 0.0700. The molecule has 0 radical (unpaired) electrons. The largest absolute Gasteiger partial charge is 0.396 e. The molecule has 0 aromatic carbocycles. The van der Waals surface area contributed by atoms with Crippen LogP contribution in [0.15, 0.2) is 0 Å². The molecule has 19 heavy (non-hydrogen) atoms. The second-order valence-electron chi connectivity index (χ2n) is 6.47. The predicted molar refractivity (Wildman–Crippen MR) is 82.5 cm³/mol. The van der Waals surface area contributed by atoms with Crippen LogP contribution in [0.4, 0.5) is 0 Å². The summed E-state index contributed by atoms with van der Waals surface area (Å²) in [7, 11) is 0. The molecular formula is C16H34N2O. The Morgan fingerprint density at radius 1 is 1.32 bits per heavy atom. The van der Waals surface area contributed by atoms with Gasteiger partial charge < -0.3 is 10.4 Å². The third-order valence-electron chi connectivity index (χ3n) is 4.63. The quantitative estimate of drug-likeness (QED) is 0.632. The van der Waals surface area contributed by atoms with E-state index in [9.17, 15) is 5.11 Å². The maximum Gasteiger partial charge on any atom is 0.0445 e. The standard InChI is InChI=1S/C16H34N2O/c1-4-10-17-13-16(3,5-2)14-18-11-7-6-8-15(18)9-12-19/h15,17,19H,4-14H2,1-3H3. The van der Waals surface area contributed by atoms with E-state index in [1.807, 2.05) is 0 Å². The van der Waals surface area contributed by atoms with Gasteiger partial charge >= 0.3 is 0 Å². The highest BCUT2D eigenvalue weighted by molar-refractivity contribution is 4.85. The summed E-state index contributed by atoms with van der Waals surface area (Å²) >= 11 is 0. The van der Waals surface area contributed by atoms with Crippen molar-refractivity contribution in [1.29, 1.82) is 0 Å². The summed E-state index contributed by atoms with van der Waals surface area (Å²) < 4.78 is 0. The molecule has 3 nitrogen and oxygen atoms in total. The van der Waals surface area contributed by atoms with Crippen LogP contribution in [0.1, 0.15) is 59.3 Å². The van der Waals surface area contributed by atoms with E-state index in [4.69, 9.17) is 0 Å². The van der Waals surface area contributed by atoms with Gasteiger partial charge in [0, 0.05) is 25.7 Å². The lowest BCUT2D eigenvalue weighted by Crippen LogP contribution is -2.48. The molecule has 0 spiro atoms. The van der Waals surface area contributed by atoms with Gasteiger partial charge in [0.25, 0.3) is 0 Å². The molecule has 1 heterocycles. The molecule has 2 unspecified atom stereocenters. The van der Waals surface area contributed by atoms with Gasteiger partial charge in [-0.2, -0.15) is 0 Å². The summed E-state index contributed by atoms with van der Waals surface area (Å²) in [5.74, 6) is 0. The zero-order chi connectivity index (χ0) is 14.1. The first-order valence-corrected chi connectivity index (χ1v) is 8.21.